The number of para-hydroxylation sites is 1. The highest BCUT2D eigenvalue weighted by molar-refractivity contribution is 14.1. The van der Waals surface area contributed by atoms with E-state index in [0.717, 1.165) is 50.1 Å². The van der Waals surface area contributed by atoms with Gasteiger partial charge in [-0.2, -0.15) is 5.10 Å². The van der Waals surface area contributed by atoms with Gasteiger partial charge in [-0.05, 0) is 65.4 Å². The van der Waals surface area contributed by atoms with E-state index in [-0.39, 0.29) is 5.91 Å². The Hall–Kier alpha value is -2.35. The second-order valence-corrected chi connectivity index (χ2v) is 9.12. The maximum absolute atomic E-state index is 13.1. The first kappa shape index (κ1) is 18.7. The number of benzene rings is 2. The Morgan fingerprint density at radius 3 is 2.69 bits per heavy atom. The molecule has 2 aliphatic heterocycles. The van der Waals surface area contributed by atoms with E-state index in [1.807, 2.05) is 60.1 Å². The van der Waals surface area contributed by atoms with E-state index in [9.17, 15) is 4.79 Å². The minimum atomic E-state index is -0.421. The van der Waals surface area contributed by atoms with Crippen molar-refractivity contribution in [2.45, 2.75) is 25.4 Å². The standard InChI is InChI=1S/C23H22IN3O2/c1-15-13-16(24)7-8-17(15)22(28)27-11-9-23(10-12-27)19-14-25-26(2)21(19)18-5-3-4-6-20(18)29-23/h3-8,13-14H,9-12H2,1-2H3. The van der Waals surface area contributed by atoms with E-state index in [2.05, 4.69) is 39.8 Å². The lowest BCUT2D eigenvalue weighted by atomic mass is 9.81. The van der Waals surface area contributed by atoms with Crippen LogP contribution in [0.4, 0.5) is 0 Å². The van der Waals surface area contributed by atoms with Gasteiger partial charge >= 0.3 is 0 Å². The zero-order valence-corrected chi connectivity index (χ0v) is 18.6. The van der Waals surface area contributed by atoms with Gasteiger partial charge in [0.2, 0.25) is 0 Å². The molecule has 3 aromatic rings. The van der Waals surface area contributed by atoms with E-state index in [0.29, 0.717) is 13.1 Å². The van der Waals surface area contributed by atoms with Crippen LogP contribution in [0.25, 0.3) is 11.3 Å². The molecular weight excluding hydrogens is 477 g/mol. The third-order valence-electron chi connectivity index (χ3n) is 6.15. The molecule has 3 heterocycles. The average Bonchev–Trinajstić information content (AvgIpc) is 3.11. The lowest BCUT2D eigenvalue weighted by Gasteiger charge is -2.44. The first-order valence-electron chi connectivity index (χ1n) is 9.85. The summed E-state index contributed by atoms with van der Waals surface area (Å²) in [5.74, 6) is 1.01. The van der Waals surface area contributed by atoms with Gasteiger partial charge in [-0.3, -0.25) is 9.48 Å². The van der Waals surface area contributed by atoms with Gasteiger partial charge in [0.1, 0.15) is 11.4 Å². The van der Waals surface area contributed by atoms with Crippen LogP contribution in [0.15, 0.2) is 48.7 Å². The molecule has 29 heavy (non-hydrogen) atoms. The van der Waals surface area contributed by atoms with Gasteiger partial charge in [0.05, 0.1) is 11.9 Å². The number of carbonyl (C=O) groups excluding carboxylic acids is 1. The molecule has 0 N–H and O–H groups in total. The second-order valence-electron chi connectivity index (χ2n) is 7.87. The summed E-state index contributed by atoms with van der Waals surface area (Å²) in [6.45, 7) is 3.34. The molecule has 0 atom stereocenters. The van der Waals surface area contributed by atoms with Crippen LogP contribution in [0, 0.1) is 10.5 Å². The van der Waals surface area contributed by atoms with E-state index < -0.39 is 5.60 Å². The summed E-state index contributed by atoms with van der Waals surface area (Å²) in [6.07, 6.45) is 3.45. The fourth-order valence-corrected chi connectivity index (χ4v) is 5.23. The first-order chi connectivity index (χ1) is 14.0. The largest absolute Gasteiger partial charge is 0.482 e. The van der Waals surface area contributed by atoms with E-state index >= 15 is 0 Å². The molecule has 0 aliphatic carbocycles. The predicted octanol–water partition coefficient (Wildman–Crippen LogP) is 4.52. The van der Waals surface area contributed by atoms with E-state index in [1.165, 1.54) is 0 Å². The van der Waals surface area contributed by atoms with Crippen LogP contribution >= 0.6 is 22.6 Å². The van der Waals surface area contributed by atoms with Gasteiger partial charge in [-0.15, -0.1) is 0 Å². The highest BCUT2D eigenvalue weighted by Gasteiger charge is 2.45. The van der Waals surface area contributed by atoms with Gasteiger partial charge in [0.25, 0.3) is 5.91 Å². The van der Waals surface area contributed by atoms with Gasteiger partial charge in [0, 0.05) is 53.2 Å². The lowest BCUT2D eigenvalue weighted by molar-refractivity contribution is -0.00174. The van der Waals surface area contributed by atoms with Crippen LogP contribution in [-0.4, -0.2) is 33.7 Å². The van der Waals surface area contributed by atoms with Crippen molar-refractivity contribution in [1.29, 1.82) is 0 Å². The van der Waals surface area contributed by atoms with Gasteiger partial charge in [-0.25, -0.2) is 0 Å². The highest BCUT2D eigenvalue weighted by atomic mass is 127. The Labute approximate surface area is 183 Å². The van der Waals surface area contributed by atoms with Crippen LogP contribution in [0.5, 0.6) is 5.75 Å². The van der Waals surface area contributed by atoms with Crippen molar-refractivity contribution in [1.82, 2.24) is 14.7 Å². The molecule has 1 aromatic heterocycles. The molecule has 6 heteroatoms. The predicted molar refractivity (Wildman–Crippen MR) is 120 cm³/mol. The number of nitrogens with zero attached hydrogens (tertiary/aromatic N) is 3. The number of fused-ring (bicyclic) bond motifs is 4. The Morgan fingerprint density at radius 2 is 1.93 bits per heavy atom. The zero-order chi connectivity index (χ0) is 20.2. The van der Waals surface area contributed by atoms with Crippen LogP contribution in [0.2, 0.25) is 0 Å². The molecule has 1 fully saturated rings. The molecule has 148 valence electrons. The summed E-state index contributed by atoms with van der Waals surface area (Å²) in [4.78, 5) is 15.1. The number of piperidine rings is 1. The Kier molecular flexibility index (Phi) is 4.42. The Bertz CT molecular complexity index is 1110. The monoisotopic (exact) mass is 499 g/mol. The summed E-state index contributed by atoms with van der Waals surface area (Å²) in [6, 6.07) is 14.1. The Balaban J connectivity index is 1.43. The molecule has 1 amide bonds. The van der Waals surface area contributed by atoms with Crippen LogP contribution < -0.4 is 4.74 Å². The number of hydrogen-bond donors (Lipinski definition) is 0. The van der Waals surface area contributed by atoms with Crippen molar-refractivity contribution in [2.75, 3.05) is 13.1 Å². The van der Waals surface area contributed by atoms with Crippen molar-refractivity contribution >= 4 is 28.5 Å². The summed E-state index contributed by atoms with van der Waals surface area (Å²) < 4.78 is 9.66. The number of carbonyl (C=O) groups is 1. The quantitative estimate of drug-likeness (QED) is 0.463. The van der Waals surface area contributed by atoms with Gasteiger partial charge in [0.15, 0.2) is 0 Å². The van der Waals surface area contributed by atoms with Crippen molar-refractivity contribution in [3.05, 3.63) is 68.9 Å². The minimum absolute atomic E-state index is 0.108. The van der Waals surface area contributed by atoms with Gasteiger partial charge < -0.3 is 9.64 Å². The molecule has 1 spiro atoms. The second kappa shape index (κ2) is 6.86. The molecule has 2 aliphatic rings. The Morgan fingerprint density at radius 1 is 1.17 bits per heavy atom. The fraction of sp³-hybridized carbons (Fsp3) is 0.304. The fourth-order valence-electron chi connectivity index (χ4n) is 4.59. The maximum Gasteiger partial charge on any atom is 0.254 e. The number of amides is 1. The van der Waals surface area contributed by atoms with Gasteiger partial charge in [-0.1, -0.05) is 12.1 Å². The summed E-state index contributed by atoms with van der Waals surface area (Å²) in [5, 5.41) is 4.52. The van der Waals surface area contributed by atoms with Crippen LogP contribution in [0.3, 0.4) is 0 Å². The first-order valence-corrected chi connectivity index (χ1v) is 10.9. The van der Waals surface area contributed by atoms with Crippen LogP contribution in [-0.2, 0) is 12.6 Å². The van der Waals surface area contributed by atoms with Crippen molar-refractivity contribution in [3.63, 3.8) is 0 Å². The van der Waals surface area contributed by atoms with E-state index in [1.54, 1.807) is 0 Å². The molecule has 0 bridgehead atoms. The number of aryl methyl sites for hydroxylation is 2. The topological polar surface area (TPSA) is 47.4 Å². The molecule has 1 saturated heterocycles. The normalized spacial score (nSPS) is 16.9. The lowest BCUT2D eigenvalue weighted by Crippen LogP contribution is -2.49. The average molecular weight is 499 g/mol. The maximum atomic E-state index is 13.1. The SMILES string of the molecule is Cc1cc(I)ccc1C(=O)N1CCC2(CC1)Oc1ccccc1-c1c2cnn1C. The molecule has 5 rings (SSSR count). The molecule has 0 unspecified atom stereocenters. The molecule has 0 radical (unpaired) electrons. The number of ether oxygens (including phenoxy) is 1. The molecule has 2 aromatic carbocycles. The summed E-state index contributed by atoms with van der Waals surface area (Å²) in [5.41, 5.74) is 4.74. The number of halogens is 1. The number of likely N-dealkylation sites (tertiary alicyclic amines) is 1. The zero-order valence-electron chi connectivity index (χ0n) is 16.5. The van der Waals surface area contributed by atoms with Crippen molar-refractivity contribution in [3.8, 4) is 17.0 Å². The number of hydrogen-bond acceptors (Lipinski definition) is 3. The van der Waals surface area contributed by atoms with Crippen molar-refractivity contribution < 1.29 is 9.53 Å². The molecule has 0 saturated carbocycles. The summed E-state index contributed by atoms with van der Waals surface area (Å²) in [7, 11) is 1.98. The molecular formula is C23H22IN3O2. The minimum Gasteiger partial charge on any atom is -0.482 e. The van der Waals surface area contributed by atoms with E-state index in [4.69, 9.17) is 4.74 Å². The smallest absolute Gasteiger partial charge is 0.254 e. The number of rotatable bonds is 1. The van der Waals surface area contributed by atoms with Crippen LogP contribution in [0.1, 0.15) is 34.3 Å². The highest BCUT2D eigenvalue weighted by Crippen LogP contribution is 2.49. The molecule has 5 nitrogen and oxygen atoms in total. The third kappa shape index (κ3) is 2.96. The third-order valence-corrected chi connectivity index (χ3v) is 6.83. The van der Waals surface area contributed by atoms with Crippen molar-refractivity contribution in [2.24, 2.45) is 7.05 Å². The summed E-state index contributed by atoms with van der Waals surface area (Å²) >= 11 is 2.28. The number of aromatic nitrogens is 2.